The van der Waals surface area contributed by atoms with E-state index in [-0.39, 0.29) is 17.9 Å². The van der Waals surface area contributed by atoms with Gasteiger partial charge in [-0.15, -0.1) is 0 Å². The number of nitrogens with one attached hydrogen (secondary N) is 1. The number of carbonyl (C=O) groups is 1. The van der Waals surface area contributed by atoms with Gasteiger partial charge in [-0.3, -0.25) is 14.8 Å². The Hall–Kier alpha value is -3.60. The maximum absolute atomic E-state index is 13.7. The fourth-order valence-corrected chi connectivity index (χ4v) is 3.45. The van der Waals surface area contributed by atoms with Crippen LogP contribution in [0.1, 0.15) is 29.5 Å². The first-order valence-corrected chi connectivity index (χ1v) is 9.00. The van der Waals surface area contributed by atoms with Gasteiger partial charge in [0.15, 0.2) is 5.82 Å². The van der Waals surface area contributed by atoms with Gasteiger partial charge in [0.1, 0.15) is 11.9 Å². The molecule has 0 radical (unpaired) electrons. The van der Waals surface area contributed by atoms with E-state index in [2.05, 4.69) is 20.4 Å². The lowest BCUT2D eigenvalue weighted by molar-refractivity contribution is -0.118. The summed E-state index contributed by atoms with van der Waals surface area (Å²) in [5.74, 6) is 0.0290. The number of halogens is 1. The first kappa shape index (κ1) is 17.8. The molecule has 0 spiro atoms. The summed E-state index contributed by atoms with van der Waals surface area (Å²) in [4.78, 5) is 14.5. The molecule has 1 aromatic carbocycles. The highest BCUT2D eigenvalue weighted by atomic mass is 19.1. The number of amides is 1. The van der Waals surface area contributed by atoms with Crippen molar-refractivity contribution in [3.8, 4) is 17.3 Å². The lowest BCUT2D eigenvalue weighted by Gasteiger charge is -2.26. The first-order valence-electron chi connectivity index (χ1n) is 9.00. The summed E-state index contributed by atoms with van der Waals surface area (Å²) in [7, 11) is 0. The van der Waals surface area contributed by atoms with Crippen molar-refractivity contribution in [2.75, 3.05) is 11.4 Å². The Balaban J connectivity index is 1.50. The molecule has 140 valence electrons. The molecule has 28 heavy (non-hydrogen) atoms. The number of hydrogen-bond donors (Lipinski definition) is 1. The molecular formula is C20H17FN6O. The summed E-state index contributed by atoms with van der Waals surface area (Å²) in [6, 6.07) is 8.08. The van der Waals surface area contributed by atoms with Gasteiger partial charge in [0, 0.05) is 24.1 Å². The molecule has 0 saturated carbocycles. The Kier molecular flexibility index (Phi) is 4.81. The quantitative estimate of drug-likeness (QED) is 0.755. The van der Waals surface area contributed by atoms with Crippen molar-refractivity contribution in [1.82, 2.24) is 20.4 Å². The summed E-state index contributed by atoms with van der Waals surface area (Å²) in [6.45, 7) is 0.604. The van der Waals surface area contributed by atoms with E-state index in [0.717, 1.165) is 29.7 Å². The molecule has 2 aromatic heterocycles. The highest BCUT2D eigenvalue weighted by molar-refractivity contribution is 5.94. The van der Waals surface area contributed by atoms with Gasteiger partial charge in [-0.1, -0.05) is 6.07 Å². The second-order valence-corrected chi connectivity index (χ2v) is 6.61. The van der Waals surface area contributed by atoms with Gasteiger partial charge in [-0.25, -0.2) is 4.39 Å². The van der Waals surface area contributed by atoms with Crippen molar-refractivity contribution in [2.24, 2.45) is 0 Å². The van der Waals surface area contributed by atoms with Crippen molar-refractivity contribution in [2.45, 2.75) is 25.7 Å². The van der Waals surface area contributed by atoms with Crippen LogP contribution in [0, 0.1) is 17.1 Å². The molecule has 0 saturated heterocycles. The number of H-pyrrole nitrogens is 1. The fraction of sp³-hybridized carbons (Fsp3) is 0.250. The predicted molar refractivity (Wildman–Crippen MR) is 99.7 cm³/mol. The number of rotatable bonds is 4. The Bertz CT molecular complexity index is 1060. The molecule has 0 unspecified atom stereocenters. The van der Waals surface area contributed by atoms with Gasteiger partial charge in [-0.2, -0.15) is 20.6 Å². The second-order valence-electron chi connectivity index (χ2n) is 6.61. The molecule has 3 aromatic rings. The van der Waals surface area contributed by atoms with Crippen molar-refractivity contribution >= 4 is 11.7 Å². The number of anilines is 1. The molecule has 0 fully saturated rings. The van der Waals surface area contributed by atoms with E-state index in [1.165, 1.54) is 12.1 Å². The van der Waals surface area contributed by atoms with E-state index in [0.29, 0.717) is 24.3 Å². The number of fused-ring (bicyclic) bond motifs is 1. The monoisotopic (exact) mass is 376 g/mol. The molecule has 0 atom stereocenters. The number of nitriles is 1. The average molecular weight is 376 g/mol. The number of benzene rings is 1. The Morgan fingerprint density at radius 3 is 2.96 bits per heavy atom. The van der Waals surface area contributed by atoms with Crippen LogP contribution in [-0.4, -0.2) is 32.8 Å². The van der Waals surface area contributed by atoms with Crippen LogP contribution in [0.4, 0.5) is 10.2 Å². The lowest BCUT2D eigenvalue weighted by Crippen LogP contribution is -2.35. The summed E-state index contributed by atoms with van der Waals surface area (Å²) in [5, 5.41) is 23.9. The maximum atomic E-state index is 13.7. The zero-order valence-corrected chi connectivity index (χ0v) is 15.0. The van der Waals surface area contributed by atoms with E-state index in [9.17, 15) is 9.18 Å². The number of aromatic amines is 1. The summed E-state index contributed by atoms with van der Waals surface area (Å²) < 4.78 is 13.7. The first-order chi connectivity index (χ1) is 13.7. The van der Waals surface area contributed by atoms with Crippen molar-refractivity contribution in [1.29, 1.82) is 5.26 Å². The van der Waals surface area contributed by atoms with Crippen LogP contribution in [0.5, 0.6) is 0 Å². The molecule has 1 aliphatic rings. The Labute approximate surface area is 160 Å². The molecule has 7 nitrogen and oxygen atoms in total. The third kappa shape index (κ3) is 3.34. The number of aryl methyl sites for hydroxylation is 1. The second kappa shape index (κ2) is 7.56. The van der Waals surface area contributed by atoms with E-state index in [1.807, 2.05) is 6.07 Å². The summed E-state index contributed by atoms with van der Waals surface area (Å²) in [5.41, 5.74) is 3.43. The predicted octanol–water partition coefficient (Wildman–Crippen LogP) is 2.79. The minimum Gasteiger partial charge on any atom is -0.295 e. The van der Waals surface area contributed by atoms with Crippen LogP contribution in [0.2, 0.25) is 0 Å². The van der Waals surface area contributed by atoms with Gasteiger partial charge < -0.3 is 0 Å². The Morgan fingerprint density at radius 2 is 2.21 bits per heavy atom. The highest BCUT2D eigenvalue weighted by Crippen LogP contribution is 2.33. The van der Waals surface area contributed by atoms with E-state index in [4.69, 9.17) is 5.26 Å². The van der Waals surface area contributed by atoms with Gasteiger partial charge in [0.05, 0.1) is 23.7 Å². The third-order valence-electron chi connectivity index (χ3n) is 4.86. The molecule has 0 bridgehead atoms. The summed E-state index contributed by atoms with van der Waals surface area (Å²) in [6.07, 6.45) is 5.59. The molecule has 8 heteroatoms. The van der Waals surface area contributed by atoms with Gasteiger partial charge >= 0.3 is 0 Å². The van der Waals surface area contributed by atoms with E-state index >= 15 is 0 Å². The van der Waals surface area contributed by atoms with Gasteiger partial charge in [0.25, 0.3) is 0 Å². The minimum atomic E-state index is -0.560. The highest BCUT2D eigenvalue weighted by Gasteiger charge is 2.27. The van der Waals surface area contributed by atoms with Crippen LogP contribution < -0.4 is 4.90 Å². The van der Waals surface area contributed by atoms with Crippen LogP contribution in [-0.2, 0) is 17.6 Å². The molecule has 1 aliphatic heterocycles. The Morgan fingerprint density at radius 1 is 1.32 bits per heavy atom. The fourth-order valence-electron chi connectivity index (χ4n) is 3.45. The zero-order valence-electron chi connectivity index (χ0n) is 15.0. The lowest BCUT2D eigenvalue weighted by atomic mass is 10.0. The van der Waals surface area contributed by atoms with Crippen LogP contribution in [0.15, 0.2) is 36.7 Å². The van der Waals surface area contributed by atoms with E-state index < -0.39 is 5.82 Å². The normalized spacial score (nSPS) is 13.1. The molecule has 1 amide bonds. The average Bonchev–Trinajstić information content (AvgIpc) is 3.17. The van der Waals surface area contributed by atoms with Crippen molar-refractivity contribution < 1.29 is 9.18 Å². The third-order valence-corrected chi connectivity index (χ3v) is 4.86. The maximum Gasteiger partial charge on any atom is 0.228 e. The van der Waals surface area contributed by atoms with Crippen LogP contribution in [0.3, 0.4) is 0 Å². The largest absolute Gasteiger partial charge is 0.295 e. The smallest absolute Gasteiger partial charge is 0.228 e. The van der Waals surface area contributed by atoms with Crippen LogP contribution >= 0.6 is 0 Å². The molecule has 3 heterocycles. The van der Waals surface area contributed by atoms with Crippen LogP contribution in [0.25, 0.3) is 11.3 Å². The number of nitrogens with zero attached hydrogens (tertiary/aromatic N) is 5. The minimum absolute atomic E-state index is 0.00500. The number of aromatic nitrogens is 4. The molecule has 0 aliphatic carbocycles. The topological polar surface area (TPSA) is 98.6 Å². The number of hydrogen-bond acceptors (Lipinski definition) is 5. The van der Waals surface area contributed by atoms with Gasteiger partial charge in [0.2, 0.25) is 5.91 Å². The van der Waals surface area contributed by atoms with Crippen molar-refractivity contribution in [3.05, 3.63) is 59.2 Å². The van der Waals surface area contributed by atoms with Crippen molar-refractivity contribution in [3.63, 3.8) is 0 Å². The van der Waals surface area contributed by atoms with Gasteiger partial charge in [-0.05, 0) is 43.0 Å². The standard InChI is InChI=1S/C20H17FN6O/c21-17-10-13(3-5-14(17)11-22)4-6-18(28)27-9-1-2-16-19(25-26-20(16)27)15-7-8-23-24-12-15/h3,5,7-8,10,12H,1-2,4,6,9H2,(H,25,26). The zero-order chi connectivity index (χ0) is 19.5. The molecular weight excluding hydrogens is 359 g/mol. The summed E-state index contributed by atoms with van der Waals surface area (Å²) >= 11 is 0. The SMILES string of the molecule is N#Cc1ccc(CCC(=O)N2CCCc3c2n[nH]c3-c2ccnnc2)cc1F. The number of carbonyl (C=O) groups excluding carboxylic acids is 1. The molecule has 4 rings (SSSR count). The molecule has 1 N–H and O–H groups in total. The van der Waals surface area contributed by atoms with E-state index in [1.54, 1.807) is 29.4 Å².